The zero-order chi connectivity index (χ0) is 15.4. The lowest BCUT2D eigenvalue weighted by molar-refractivity contribution is 0.394. The van der Waals surface area contributed by atoms with Gasteiger partial charge in [0, 0.05) is 18.2 Å². The second kappa shape index (κ2) is 6.43. The number of methoxy groups -OCH3 is 2. The van der Waals surface area contributed by atoms with Crippen LogP contribution in [0.3, 0.4) is 0 Å². The first-order chi connectivity index (χ1) is 10.1. The van der Waals surface area contributed by atoms with Crippen molar-refractivity contribution in [3.63, 3.8) is 0 Å². The van der Waals surface area contributed by atoms with E-state index in [1.54, 1.807) is 14.2 Å². The fraction of sp³-hybridized carbons (Fsp3) is 0.375. The number of rotatable bonds is 5. The van der Waals surface area contributed by atoms with Gasteiger partial charge in [-0.2, -0.15) is 0 Å². The summed E-state index contributed by atoms with van der Waals surface area (Å²) >= 11 is 0. The number of hydrogen-bond acceptors (Lipinski definition) is 5. The molecule has 0 aliphatic rings. The predicted molar refractivity (Wildman–Crippen MR) is 84.2 cm³/mol. The molecule has 1 N–H and O–H groups in total. The van der Waals surface area contributed by atoms with Crippen molar-refractivity contribution in [3.05, 3.63) is 29.3 Å². The van der Waals surface area contributed by atoms with E-state index in [4.69, 9.17) is 9.47 Å². The zero-order valence-corrected chi connectivity index (χ0v) is 13.2. The van der Waals surface area contributed by atoms with Gasteiger partial charge in [0.25, 0.3) is 0 Å². The fourth-order valence-corrected chi connectivity index (χ4v) is 2.16. The number of aromatic nitrogens is 2. The molecule has 0 saturated heterocycles. The van der Waals surface area contributed by atoms with E-state index in [1.165, 1.54) is 0 Å². The molecule has 0 aliphatic carbocycles. The Kier molecular flexibility index (Phi) is 4.62. The first-order valence-corrected chi connectivity index (χ1v) is 6.91. The van der Waals surface area contributed by atoms with Crippen LogP contribution in [-0.4, -0.2) is 31.0 Å². The van der Waals surface area contributed by atoms with Gasteiger partial charge in [-0.15, -0.1) is 10.2 Å². The zero-order valence-electron chi connectivity index (χ0n) is 13.2. The number of ether oxygens (including phenoxy) is 2. The highest BCUT2D eigenvalue weighted by Gasteiger charge is 2.13. The molecule has 0 unspecified atom stereocenters. The summed E-state index contributed by atoms with van der Waals surface area (Å²) in [6.07, 6.45) is 0. The van der Waals surface area contributed by atoms with Gasteiger partial charge in [-0.1, -0.05) is 0 Å². The molecule has 0 spiro atoms. The minimum atomic E-state index is 0.735. The van der Waals surface area contributed by atoms with Crippen LogP contribution in [0.1, 0.15) is 18.1 Å². The van der Waals surface area contributed by atoms with E-state index in [-0.39, 0.29) is 0 Å². The topological polar surface area (TPSA) is 56.3 Å². The Balaban J connectivity index is 2.54. The molecule has 0 atom stereocenters. The quantitative estimate of drug-likeness (QED) is 0.915. The minimum Gasteiger partial charge on any atom is -0.497 e. The molecule has 1 aromatic carbocycles. The van der Waals surface area contributed by atoms with Crippen LogP contribution < -0.4 is 14.8 Å². The lowest BCUT2D eigenvalue weighted by atomic mass is 10.0. The number of benzene rings is 1. The normalized spacial score (nSPS) is 10.3. The van der Waals surface area contributed by atoms with Crippen molar-refractivity contribution in [2.45, 2.75) is 20.8 Å². The Morgan fingerprint density at radius 1 is 0.952 bits per heavy atom. The predicted octanol–water partition coefficient (Wildman–Crippen LogP) is 3.21. The third-order valence-corrected chi connectivity index (χ3v) is 3.49. The van der Waals surface area contributed by atoms with Crippen molar-refractivity contribution < 1.29 is 9.47 Å². The number of anilines is 1. The first kappa shape index (κ1) is 15.1. The third-order valence-electron chi connectivity index (χ3n) is 3.49. The maximum Gasteiger partial charge on any atom is 0.151 e. The van der Waals surface area contributed by atoms with E-state index in [0.717, 1.165) is 46.2 Å². The van der Waals surface area contributed by atoms with Crippen LogP contribution in [0, 0.1) is 13.8 Å². The van der Waals surface area contributed by atoms with Crippen LogP contribution in [0.15, 0.2) is 18.2 Å². The Labute approximate surface area is 125 Å². The molecule has 112 valence electrons. The number of nitrogens with one attached hydrogen (secondary N) is 1. The summed E-state index contributed by atoms with van der Waals surface area (Å²) < 4.78 is 10.6. The average molecular weight is 287 g/mol. The largest absolute Gasteiger partial charge is 0.497 e. The van der Waals surface area contributed by atoms with Gasteiger partial charge in [0.15, 0.2) is 5.82 Å². The first-order valence-electron chi connectivity index (χ1n) is 6.91. The summed E-state index contributed by atoms with van der Waals surface area (Å²) in [5.74, 6) is 2.30. The summed E-state index contributed by atoms with van der Waals surface area (Å²) in [4.78, 5) is 0. The molecule has 0 aliphatic heterocycles. The van der Waals surface area contributed by atoms with E-state index in [9.17, 15) is 0 Å². The number of nitrogens with zero attached hydrogens (tertiary/aromatic N) is 2. The van der Waals surface area contributed by atoms with Crippen LogP contribution in [-0.2, 0) is 0 Å². The second-order valence-corrected chi connectivity index (χ2v) is 4.78. The molecule has 2 aromatic rings. The number of hydrogen-bond donors (Lipinski definition) is 1. The van der Waals surface area contributed by atoms with Crippen LogP contribution in [0.4, 0.5) is 5.82 Å². The van der Waals surface area contributed by atoms with Crippen LogP contribution in [0.2, 0.25) is 0 Å². The van der Waals surface area contributed by atoms with Crippen molar-refractivity contribution in [1.29, 1.82) is 0 Å². The molecule has 0 fully saturated rings. The van der Waals surface area contributed by atoms with E-state index in [2.05, 4.69) is 15.5 Å². The van der Waals surface area contributed by atoms with Gasteiger partial charge in [0.1, 0.15) is 11.5 Å². The lowest BCUT2D eigenvalue weighted by Gasteiger charge is -2.13. The van der Waals surface area contributed by atoms with Crippen molar-refractivity contribution >= 4 is 5.82 Å². The molecule has 21 heavy (non-hydrogen) atoms. The lowest BCUT2D eigenvalue weighted by Crippen LogP contribution is -2.06. The molecule has 1 aromatic heterocycles. The average Bonchev–Trinajstić information content (AvgIpc) is 2.51. The summed E-state index contributed by atoms with van der Waals surface area (Å²) in [6.45, 7) is 6.95. The Bertz CT molecular complexity index is 619. The molecule has 0 saturated carbocycles. The molecule has 5 nitrogen and oxygen atoms in total. The van der Waals surface area contributed by atoms with Crippen LogP contribution in [0.5, 0.6) is 11.5 Å². The third kappa shape index (κ3) is 3.07. The maximum atomic E-state index is 5.31. The highest BCUT2D eigenvalue weighted by atomic mass is 16.5. The van der Waals surface area contributed by atoms with Crippen molar-refractivity contribution in [3.8, 4) is 22.8 Å². The second-order valence-electron chi connectivity index (χ2n) is 4.78. The molecule has 0 radical (unpaired) electrons. The van der Waals surface area contributed by atoms with Gasteiger partial charge in [-0.05, 0) is 44.0 Å². The monoisotopic (exact) mass is 287 g/mol. The minimum absolute atomic E-state index is 0.735. The van der Waals surface area contributed by atoms with Crippen molar-refractivity contribution in [2.24, 2.45) is 0 Å². The highest BCUT2D eigenvalue weighted by Crippen LogP contribution is 2.32. The summed E-state index contributed by atoms with van der Waals surface area (Å²) in [5.41, 5.74) is 3.97. The molecule has 0 bridgehead atoms. The Morgan fingerprint density at radius 2 is 1.57 bits per heavy atom. The van der Waals surface area contributed by atoms with Crippen molar-refractivity contribution in [2.75, 3.05) is 26.1 Å². The molecule has 1 heterocycles. The van der Waals surface area contributed by atoms with E-state index in [1.807, 2.05) is 39.0 Å². The SMILES string of the molecule is CCNc1nnc(-c2cc(OC)cc(OC)c2)c(C)c1C. The van der Waals surface area contributed by atoms with E-state index < -0.39 is 0 Å². The van der Waals surface area contributed by atoms with Gasteiger partial charge in [-0.25, -0.2) is 0 Å². The Morgan fingerprint density at radius 3 is 2.10 bits per heavy atom. The van der Waals surface area contributed by atoms with Gasteiger partial charge >= 0.3 is 0 Å². The van der Waals surface area contributed by atoms with Gasteiger partial charge < -0.3 is 14.8 Å². The maximum absolute atomic E-state index is 5.31. The molecule has 5 heteroatoms. The van der Waals surface area contributed by atoms with E-state index >= 15 is 0 Å². The van der Waals surface area contributed by atoms with E-state index in [0.29, 0.717) is 0 Å². The van der Waals surface area contributed by atoms with Gasteiger partial charge in [-0.3, -0.25) is 0 Å². The fourth-order valence-electron chi connectivity index (χ4n) is 2.16. The molecular weight excluding hydrogens is 266 g/mol. The molecule has 2 rings (SSSR count). The summed E-state index contributed by atoms with van der Waals surface area (Å²) in [5, 5.41) is 11.8. The van der Waals surface area contributed by atoms with Crippen LogP contribution >= 0.6 is 0 Å². The van der Waals surface area contributed by atoms with Gasteiger partial charge in [0.05, 0.1) is 19.9 Å². The standard InChI is InChI=1S/C16H21N3O2/c1-6-17-16-11(3)10(2)15(18-19-16)12-7-13(20-4)9-14(8-12)21-5/h7-9H,6H2,1-5H3,(H,17,19). The summed E-state index contributed by atoms with van der Waals surface area (Å²) in [6, 6.07) is 5.71. The Hall–Kier alpha value is -2.30. The molecule has 0 amide bonds. The van der Waals surface area contributed by atoms with Crippen molar-refractivity contribution in [1.82, 2.24) is 10.2 Å². The van der Waals surface area contributed by atoms with Gasteiger partial charge in [0.2, 0.25) is 0 Å². The highest BCUT2D eigenvalue weighted by molar-refractivity contribution is 5.69. The van der Waals surface area contributed by atoms with Crippen LogP contribution in [0.25, 0.3) is 11.3 Å². The smallest absolute Gasteiger partial charge is 0.151 e. The summed E-state index contributed by atoms with van der Waals surface area (Å²) in [7, 11) is 3.27. The molecular formula is C16H21N3O2.